The van der Waals surface area contributed by atoms with Gasteiger partial charge in [-0.3, -0.25) is 0 Å². The largest absolute Gasteiger partial charge is 0.368 e. The molecular weight excluding hydrogens is 294 g/mol. The van der Waals surface area contributed by atoms with E-state index in [0.29, 0.717) is 0 Å². The van der Waals surface area contributed by atoms with Gasteiger partial charge in [-0.1, -0.05) is 48.5 Å². The summed E-state index contributed by atoms with van der Waals surface area (Å²) < 4.78 is 0. The monoisotopic (exact) mass is 313 g/mol. The van der Waals surface area contributed by atoms with E-state index in [0.717, 1.165) is 42.9 Å². The Morgan fingerprint density at radius 1 is 0.917 bits per heavy atom. The third kappa shape index (κ3) is 2.51. The van der Waals surface area contributed by atoms with Crippen molar-refractivity contribution in [3.05, 3.63) is 76.9 Å². The van der Waals surface area contributed by atoms with Gasteiger partial charge >= 0.3 is 0 Å². The molecule has 3 heteroatoms. The molecule has 24 heavy (non-hydrogen) atoms. The van der Waals surface area contributed by atoms with Crippen molar-refractivity contribution in [1.29, 1.82) is 5.26 Å². The number of nitrogens with one attached hydrogen (secondary N) is 1. The maximum atomic E-state index is 9.31. The molecule has 0 spiro atoms. The van der Waals surface area contributed by atoms with Crippen LogP contribution in [0.2, 0.25) is 0 Å². The van der Waals surface area contributed by atoms with Gasteiger partial charge in [-0.15, -0.1) is 0 Å². The van der Waals surface area contributed by atoms with Gasteiger partial charge in [0.25, 0.3) is 0 Å². The summed E-state index contributed by atoms with van der Waals surface area (Å²) in [5.74, 6) is 0. The second kappa shape index (κ2) is 6.35. The van der Waals surface area contributed by atoms with Gasteiger partial charge in [0.2, 0.25) is 0 Å². The van der Waals surface area contributed by atoms with Crippen LogP contribution < -0.4 is 5.32 Å². The number of benzene rings is 2. The highest BCUT2D eigenvalue weighted by molar-refractivity contribution is 5.98. The Morgan fingerprint density at radius 3 is 2.33 bits per heavy atom. The Kier molecular flexibility index (Phi) is 3.90. The molecule has 0 aromatic heterocycles. The lowest BCUT2D eigenvalue weighted by Crippen LogP contribution is -2.42. The van der Waals surface area contributed by atoms with Crippen LogP contribution in [0, 0.1) is 11.3 Å². The van der Waals surface area contributed by atoms with Crippen molar-refractivity contribution in [2.45, 2.75) is 0 Å². The van der Waals surface area contributed by atoms with E-state index in [1.165, 1.54) is 16.8 Å². The van der Waals surface area contributed by atoms with Gasteiger partial charge in [0.1, 0.15) is 0 Å². The predicted molar refractivity (Wildman–Crippen MR) is 97.9 cm³/mol. The number of nitrogens with zero attached hydrogens (tertiary/aromatic N) is 2. The van der Waals surface area contributed by atoms with E-state index in [1.54, 1.807) is 6.08 Å². The van der Waals surface area contributed by atoms with E-state index in [-0.39, 0.29) is 0 Å². The first-order valence-electron chi connectivity index (χ1n) is 8.35. The zero-order chi connectivity index (χ0) is 16.4. The van der Waals surface area contributed by atoms with Gasteiger partial charge in [-0.05, 0) is 22.8 Å². The van der Waals surface area contributed by atoms with E-state index < -0.39 is 0 Å². The minimum Gasteiger partial charge on any atom is -0.368 e. The third-order valence-electron chi connectivity index (χ3n) is 4.70. The van der Waals surface area contributed by atoms with E-state index >= 15 is 0 Å². The van der Waals surface area contributed by atoms with Gasteiger partial charge in [0.15, 0.2) is 0 Å². The van der Waals surface area contributed by atoms with E-state index in [1.807, 2.05) is 12.1 Å². The predicted octanol–water partition coefficient (Wildman–Crippen LogP) is 3.36. The highest BCUT2D eigenvalue weighted by Gasteiger charge is 2.23. The van der Waals surface area contributed by atoms with Crippen LogP contribution in [-0.2, 0) is 0 Å². The van der Waals surface area contributed by atoms with Crippen LogP contribution in [0.15, 0.2) is 54.6 Å². The van der Waals surface area contributed by atoms with Crippen LogP contribution >= 0.6 is 0 Å². The molecule has 1 N–H and O–H groups in total. The molecule has 2 aliphatic rings. The zero-order valence-corrected chi connectivity index (χ0v) is 13.5. The van der Waals surface area contributed by atoms with E-state index in [4.69, 9.17) is 0 Å². The molecule has 1 saturated heterocycles. The molecule has 1 aliphatic heterocycles. The summed E-state index contributed by atoms with van der Waals surface area (Å²) in [6, 6.07) is 19.0. The molecule has 2 aromatic rings. The molecular formula is C21H19N3. The molecule has 0 radical (unpaired) electrons. The Morgan fingerprint density at radius 2 is 1.58 bits per heavy atom. The van der Waals surface area contributed by atoms with Crippen LogP contribution in [0.3, 0.4) is 0 Å². The SMILES string of the molecule is N#C/C=C1/c2ccccc2C=C(N2CCNCC2)c2ccccc21. The summed E-state index contributed by atoms with van der Waals surface area (Å²) in [6.07, 6.45) is 3.95. The molecule has 1 heterocycles. The molecule has 2 aromatic carbocycles. The molecule has 0 saturated carbocycles. The minimum absolute atomic E-state index is 1.000. The second-order valence-electron chi connectivity index (χ2n) is 6.09. The minimum atomic E-state index is 1.000. The quantitative estimate of drug-likeness (QED) is 0.821. The smallest absolute Gasteiger partial charge is 0.0918 e. The number of piperazine rings is 1. The lowest BCUT2D eigenvalue weighted by Gasteiger charge is -2.32. The lowest BCUT2D eigenvalue weighted by molar-refractivity contribution is 0.342. The van der Waals surface area contributed by atoms with Crippen molar-refractivity contribution >= 4 is 17.3 Å². The fraction of sp³-hybridized carbons (Fsp3) is 0.190. The number of allylic oxidation sites excluding steroid dienone is 1. The fourth-order valence-corrected chi connectivity index (χ4v) is 3.57. The normalized spacial score (nSPS) is 18.2. The summed E-state index contributed by atoms with van der Waals surface area (Å²) in [5, 5.41) is 12.7. The molecule has 0 amide bonds. The summed E-state index contributed by atoms with van der Waals surface area (Å²) in [6.45, 7) is 4.00. The Balaban J connectivity index is 1.97. The van der Waals surface area contributed by atoms with Crippen molar-refractivity contribution in [1.82, 2.24) is 10.2 Å². The molecule has 3 nitrogen and oxygen atoms in total. The first-order valence-corrected chi connectivity index (χ1v) is 8.35. The van der Waals surface area contributed by atoms with E-state index in [9.17, 15) is 5.26 Å². The van der Waals surface area contributed by atoms with Crippen molar-refractivity contribution in [2.24, 2.45) is 0 Å². The number of nitriles is 1. The Bertz CT molecular complexity index is 865. The topological polar surface area (TPSA) is 39.1 Å². The molecule has 0 bridgehead atoms. The zero-order valence-electron chi connectivity index (χ0n) is 13.5. The maximum absolute atomic E-state index is 9.31. The summed E-state index contributed by atoms with van der Waals surface area (Å²) in [4.78, 5) is 2.45. The average Bonchev–Trinajstić information content (AvgIpc) is 2.78. The standard InChI is InChI=1S/C21H19N3/c22-10-9-19-17-6-2-1-5-16(17)15-21(24-13-11-23-12-14-24)20-8-4-3-7-18(19)20/h1-9,15,23H,11-14H2/b19-9-. The van der Waals surface area contributed by atoms with E-state index in [2.05, 4.69) is 58.8 Å². The molecule has 1 aliphatic carbocycles. The molecule has 0 atom stereocenters. The van der Waals surface area contributed by atoms with Gasteiger partial charge in [-0.25, -0.2) is 0 Å². The number of hydrogen-bond acceptors (Lipinski definition) is 3. The van der Waals surface area contributed by atoms with Crippen molar-refractivity contribution in [2.75, 3.05) is 26.2 Å². The highest BCUT2D eigenvalue weighted by atomic mass is 15.2. The van der Waals surface area contributed by atoms with Crippen LogP contribution in [0.4, 0.5) is 0 Å². The molecule has 118 valence electrons. The van der Waals surface area contributed by atoms with Crippen LogP contribution in [-0.4, -0.2) is 31.1 Å². The molecule has 1 fully saturated rings. The highest BCUT2D eigenvalue weighted by Crippen LogP contribution is 2.38. The van der Waals surface area contributed by atoms with Gasteiger partial charge in [0.05, 0.1) is 6.07 Å². The van der Waals surface area contributed by atoms with Crippen molar-refractivity contribution in [3.8, 4) is 6.07 Å². The van der Waals surface area contributed by atoms with Crippen LogP contribution in [0.5, 0.6) is 0 Å². The van der Waals surface area contributed by atoms with Gasteiger partial charge in [0, 0.05) is 49.1 Å². The molecule has 4 rings (SSSR count). The number of rotatable bonds is 1. The van der Waals surface area contributed by atoms with Crippen molar-refractivity contribution in [3.63, 3.8) is 0 Å². The second-order valence-corrected chi connectivity index (χ2v) is 6.09. The number of fused-ring (bicyclic) bond motifs is 2. The lowest BCUT2D eigenvalue weighted by atomic mass is 9.93. The first kappa shape index (κ1) is 14.7. The Hall–Kier alpha value is -2.83. The maximum Gasteiger partial charge on any atom is 0.0918 e. The summed E-state index contributed by atoms with van der Waals surface area (Å²) in [7, 11) is 0. The Labute approximate surface area is 142 Å². The van der Waals surface area contributed by atoms with Crippen LogP contribution in [0.25, 0.3) is 17.3 Å². The average molecular weight is 313 g/mol. The summed E-state index contributed by atoms with van der Waals surface area (Å²) in [5.41, 5.74) is 6.89. The third-order valence-corrected chi connectivity index (χ3v) is 4.70. The fourth-order valence-electron chi connectivity index (χ4n) is 3.57. The van der Waals surface area contributed by atoms with Crippen LogP contribution in [0.1, 0.15) is 22.3 Å². The van der Waals surface area contributed by atoms with Gasteiger partial charge < -0.3 is 10.2 Å². The summed E-state index contributed by atoms with van der Waals surface area (Å²) >= 11 is 0. The number of hydrogen-bond donors (Lipinski definition) is 1. The first-order chi connectivity index (χ1) is 11.9. The molecule has 0 unspecified atom stereocenters. The van der Waals surface area contributed by atoms with Crippen molar-refractivity contribution < 1.29 is 0 Å². The van der Waals surface area contributed by atoms with Gasteiger partial charge in [-0.2, -0.15) is 5.26 Å².